The number of likely N-dealkylation sites (N-methyl/N-ethyl adjacent to an activating group) is 1. The van der Waals surface area contributed by atoms with Gasteiger partial charge in [0, 0.05) is 5.69 Å². The third kappa shape index (κ3) is 5.73. The number of carbonyl (C=O) groups excluding carboxylic acids is 2. The first kappa shape index (κ1) is 20.2. The van der Waals surface area contributed by atoms with E-state index >= 15 is 0 Å². The van der Waals surface area contributed by atoms with Crippen molar-refractivity contribution in [2.75, 3.05) is 30.8 Å². The fourth-order valence-electron chi connectivity index (χ4n) is 2.49. The highest BCUT2D eigenvalue weighted by Crippen LogP contribution is 2.29. The summed E-state index contributed by atoms with van der Waals surface area (Å²) in [4.78, 5) is 25.9. The topological polar surface area (TPSA) is 61.4 Å². The van der Waals surface area contributed by atoms with Crippen LogP contribution in [0.15, 0.2) is 36.4 Å². The number of rotatable bonds is 6. The normalized spacial score (nSPS) is 10.7. The number of amides is 2. The zero-order chi connectivity index (χ0) is 19.3. The zero-order valence-electron chi connectivity index (χ0n) is 14.9. The van der Waals surface area contributed by atoms with Crippen molar-refractivity contribution in [3.8, 4) is 0 Å². The van der Waals surface area contributed by atoms with Crippen molar-refractivity contribution in [2.45, 2.75) is 13.8 Å². The largest absolute Gasteiger partial charge is 0.325 e. The lowest BCUT2D eigenvalue weighted by Crippen LogP contribution is -2.36. The maximum Gasteiger partial charge on any atom is 0.238 e. The second-order valence-corrected chi connectivity index (χ2v) is 7.00. The second-order valence-electron chi connectivity index (χ2n) is 6.18. The van der Waals surface area contributed by atoms with E-state index in [0.29, 0.717) is 15.7 Å². The number of anilines is 2. The molecular formula is C19H21Cl2N3O2. The Hall–Kier alpha value is -2.08. The summed E-state index contributed by atoms with van der Waals surface area (Å²) in [6.45, 7) is 4.04. The molecule has 26 heavy (non-hydrogen) atoms. The van der Waals surface area contributed by atoms with Crippen molar-refractivity contribution in [1.82, 2.24) is 4.90 Å². The monoisotopic (exact) mass is 393 g/mol. The summed E-state index contributed by atoms with van der Waals surface area (Å²) in [7, 11) is 1.69. The minimum atomic E-state index is -0.304. The van der Waals surface area contributed by atoms with Crippen LogP contribution in [0.3, 0.4) is 0 Å². The lowest BCUT2D eigenvalue weighted by atomic mass is 10.1. The van der Waals surface area contributed by atoms with Crippen molar-refractivity contribution in [1.29, 1.82) is 0 Å². The molecule has 138 valence electrons. The first-order chi connectivity index (χ1) is 12.3. The Labute approximate surface area is 163 Å². The molecule has 0 aliphatic rings. The fraction of sp³-hybridized carbons (Fsp3) is 0.263. The van der Waals surface area contributed by atoms with Gasteiger partial charge in [-0.05, 0) is 44.7 Å². The molecule has 0 saturated heterocycles. The van der Waals surface area contributed by atoms with Crippen molar-refractivity contribution >= 4 is 46.4 Å². The number of nitrogens with one attached hydrogen (secondary N) is 2. The maximum absolute atomic E-state index is 12.2. The fourth-order valence-corrected chi connectivity index (χ4v) is 2.98. The van der Waals surface area contributed by atoms with Crippen LogP contribution < -0.4 is 10.6 Å². The van der Waals surface area contributed by atoms with Gasteiger partial charge in [-0.15, -0.1) is 0 Å². The predicted octanol–water partition coefficient (Wildman–Crippen LogP) is 4.12. The van der Waals surface area contributed by atoms with Gasteiger partial charge in [-0.25, -0.2) is 0 Å². The van der Waals surface area contributed by atoms with Gasteiger partial charge in [0.2, 0.25) is 11.8 Å². The smallest absolute Gasteiger partial charge is 0.238 e. The molecule has 0 bridgehead atoms. The first-order valence-corrected chi connectivity index (χ1v) is 8.81. The number of carbonyl (C=O) groups is 2. The summed E-state index contributed by atoms with van der Waals surface area (Å²) < 4.78 is 0. The highest BCUT2D eigenvalue weighted by Gasteiger charge is 2.14. The first-order valence-electron chi connectivity index (χ1n) is 8.06. The Morgan fingerprint density at radius 2 is 1.54 bits per heavy atom. The Morgan fingerprint density at radius 3 is 2.12 bits per heavy atom. The third-order valence-electron chi connectivity index (χ3n) is 3.71. The molecule has 2 amide bonds. The molecule has 0 aliphatic carbocycles. The number of hydrogen-bond acceptors (Lipinski definition) is 3. The molecule has 0 heterocycles. The highest BCUT2D eigenvalue weighted by atomic mass is 35.5. The van der Waals surface area contributed by atoms with E-state index in [1.54, 1.807) is 30.1 Å². The molecule has 0 aromatic heterocycles. The molecule has 0 unspecified atom stereocenters. The Morgan fingerprint density at radius 1 is 0.962 bits per heavy atom. The molecule has 2 N–H and O–H groups in total. The van der Waals surface area contributed by atoms with Gasteiger partial charge in [-0.3, -0.25) is 14.5 Å². The van der Waals surface area contributed by atoms with Crippen molar-refractivity contribution in [2.24, 2.45) is 0 Å². The number of aryl methyl sites for hydroxylation is 2. The summed E-state index contributed by atoms with van der Waals surface area (Å²) in [5, 5.41) is 6.25. The maximum atomic E-state index is 12.2. The molecule has 0 saturated carbocycles. The molecule has 7 heteroatoms. The van der Waals surface area contributed by atoms with Gasteiger partial charge < -0.3 is 10.6 Å². The summed E-state index contributed by atoms with van der Waals surface area (Å²) >= 11 is 12.1. The summed E-state index contributed by atoms with van der Waals surface area (Å²) in [6, 6.07) is 10.8. The number of benzene rings is 2. The van der Waals surface area contributed by atoms with Crippen molar-refractivity contribution < 1.29 is 9.59 Å². The number of para-hydroxylation sites is 1. The van der Waals surface area contributed by atoms with Gasteiger partial charge >= 0.3 is 0 Å². The van der Waals surface area contributed by atoms with Crippen molar-refractivity contribution in [3.05, 3.63) is 57.6 Å². The van der Waals surface area contributed by atoms with E-state index in [0.717, 1.165) is 16.8 Å². The highest BCUT2D eigenvalue weighted by molar-refractivity contribution is 6.39. The lowest BCUT2D eigenvalue weighted by Gasteiger charge is -2.17. The molecule has 5 nitrogen and oxygen atoms in total. The molecule has 0 atom stereocenters. The van der Waals surface area contributed by atoms with Gasteiger partial charge in [0.1, 0.15) is 0 Å². The standard InChI is InChI=1S/C19H21Cl2N3O2/c1-12-7-8-16(13(2)9-12)22-17(25)10-24(3)11-18(26)23-19-14(20)5-4-6-15(19)21/h4-9H,10-11H2,1-3H3,(H,22,25)(H,23,26). The predicted molar refractivity (Wildman–Crippen MR) is 107 cm³/mol. The Bertz CT molecular complexity index is 804. The molecule has 0 fully saturated rings. The second kappa shape index (κ2) is 9.03. The van der Waals surface area contributed by atoms with Crippen LogP contribution in [0.1, 0.15) is 11.1 Å². The lowest BCUT2D eigenvalue weighted by molar-refractivity contribution is -0.119. The molecule has 0 aliphatic heterocycles. The van der Waals surface area contributed by atoms with E-state index in [2.05, 4.69) is 10.6 Å². The van der Waals surface area contributed by atoms with E-state index in [1.165, 1.54) is 0 Å². The molecule has 0 radical (unpaired) electrons. The van der Waals surface area contributed by atoms with Crippen LogP contribution in [-0.2, 0) is 9.59 Å². The Kier molecular flexibility index (Phi) is 7.03. The summed E-state index contributed by atoms with van der Waals surface area (Å²) in [5.41, 5.74) is 3.26. The molecule has 2 rings (SSSR count). The van der Waals surface area contributed by atoms with Gasteiger partial charge in [0.25, 0.3) is 0 Å². The van der Waals surface area contributed by atoms with E-state index in [9.17, 15) is 9.59 Å². The van der Waals surface area contributed by atoms with E-state index in [1.807, 2.05) is 32.0 Å². The van der Waals surface area contributed by atoms with Gasteiger partial charge in [-0.1, -0.05) is 47.0 Å². The van der Waals surface area contributed by atoms with Crippen LogP contribution in [-0.4, -0.2) is 36.9 Å². The van der Waals surface area contributed by atoms with Crippen LogP contribution >= 0.6 is 23.2 Å². The molecule has 2 aromatic rings. The molecule has 0 spiro atoms. The van der Waals surface area contributed by atoms with Gasteiger partial charge in [0.05, 0.1) is 28.8 Å². The molecule has 2 aromatic carbocycles. The van der Waals surface area contributed by atoms with Crippen LogP contribution in [0, 0.1) is 13.8 Å². The number of hydrogen-bond donors (Lipinski definition) is 2. The number of halogens is 2. The Balaban J connectivity index is 1.88. The van der Waals surface area contributed by atoms with Gasteiger partial charge in [-0.2, -0.15) is 0 Å². The minimum absolute atomic E-state index is 0.0296. The molecular weight excluding hydrogens is 373 g/mol. The summed E-state index contributed by atoms with van der Waals surface area (Å²) in [6.07, 6.45) is 0. The number of nitrogens with zero attached hydrogens (tertiary/aromatic N) is 1. The average molecular weight is 394 g/mol. The average Bonchev–Trinajstić information content (AvgIpc) is 2.53. The van der Waals surface area contributed by atoms with Gasteiger partial charge in [0.15, 0.2) is 0 Å². The van der Waals surface area contributed by atoms with E-state index in [-0.39, 0.29) is 24.9 Å². The van der Waals surface area contributed by atoms with Crippen LogP contribution in [0.4, 0.5) is 11.4 Å². The zero-order valence-corrected chi connectivity index (χ0v) is 16.4. The summed E-state index contributed by atoms with van der Waals surface area (Å²) in [5.74, 6) is -0.496. The third-order valence-corrected chi connectivity index (χ3v) is 4.34. The van der Waals surface area contributed by atoms with Crippen LogP contribution in [0.5, 0.6) is 0 Å². The van der Waals surface area contributed by atoms with Crippen LogP contribution in [0.25, 0.3) is 0 Å². The van der Waals surface area contributed by atoms with Crippen LogP contribution in [0.2, 0.25) is 10.0 Å². The SMILES string of the molecule is Cc1ccc(NC(=O)CN(C)CC(=O)Nc2c(Cl)cccc2Cl)c(C)c1. The minimum Gasteiger partial charge on any atom is -0.325 e. The van der Waals surface area contributed by atoms with E-state index in [4.69, 9.17) is 23.2 Å². The van der Waals surface area contributed by atoms with E-state index < -0.39 is 0 Å². The quantitative estimate of drug-likeness (QED) is 0.775. The van der Waals surface area contributed by atoms with Crippen molar-refractivity contribution in [3.63, 3.8) is 0 Å².